The van der Waals surface area contributed by atoms with E-state index in [9.17, 15) is 0 Å². The summed E-state index contributed by atoms with van der Waals surface area (Å²) in [6.07, 6.45) is 1.02. The maximum absolute atomic E-state index is 7.20. The molecule has 0 aliphatic heterocycles. The van der Waals surface area contributed by atoms with Crippen LogP contribution in [0, 0.1) is 21.7 Å². The summed E-state index contributed by atoms with van der Waals surface area (Å²) in [5, 5.41) is 6.68. The highest BCUT2D eigenvalue weighted by Crippen LogP contribution is 2.47. The van der Waals surface area contributed by atoms with Gasteiger partial charge in [-0.1, -0.05) is 55.4 Å². The Hall–Kier alpha value is -1.94. The maximum atomic E-state index is 7.20. The van der Waals surface area contributed by atoms with Crippen LogP contribution >= 0.6 is 23.2 Å². The lowest BCUT2D eigenvalue weighted by Gasteiger charge is -2.46. The maximum Gasteiger partial charge on any atom is 0.0734 e. The minimum Gasteiger partial charge on any atom is -0.399 e. The van der Waals surface area contributed by atoms with E-state index < -0.39 is 12.3 Å². The smallest absolute Gasteiger partial charge is 0.0734 e. The van der Waals surface area contributed by atoms with E-state index in [0.29, 0.717) is 17.8 Å². The largest absolute Gasteiger partial charge is 0.399 e. The van der Waals surface area contributed by atoms with Gasteiger partial charge in [0, 0.05) is 33.5 Å². The molecule has 0 aromatic heterocycles. The van der Waals surface area contributed by atoms with Gasteiger partial charge in [0.25, 0.3) is 0 Å². The van der Waals surface area contributed by atoms with Crippen LogP contribution in [0.3, 0.4) is 0 Å². The van der Waals surface area contributed by atoms with E-state index in [1.807, 2.05) is 48.5 Å². The van der Waals surface area contributed by atoms with Crippen LogP contribution in [0.4, 0.5) is 22.7 Å². The van der Waals surface area contributed by atoms with E-state index in [2.05, 4.69) is 66.0 Å². The van der Waals surface area contributed by atoms with Gasteiger partial charge in [-0.05, 0) is 89.5 Å². The molecule has 0 aliphatic carbocycles. The third-order valence-electron chi connectivity index (χ3n) is 8.85. The number of halogens is 2. The van der Waals surface area contributed by atoms with E-state index in [4.69, 9.17) is 57.6 Å². The highest BCUT2D eigenvalue weighted by molar-refractivity contribution is 6.24. The van der Waals surface area contributed by atoms with Crippen molar-refractivity contribution < 1.29 is 0 Å². The number of nitrogen functional groups attached to an aromatic ring is 2. The summed E-state index contributed by atoms with van der Waals surface area (Å²) >= 11 is 14.4. The van der Waals surface area contributed by atoms with Crippen molar-refractivity contribution in [3.63, 3.8) is 0 Å². The first-order valence-electron chi connectivity index (χ1n) is 15.1. The van der Waals surface area contributed by atoms with Crippen LogP contribution in [0.2, 0.25) is 0 Å². The van der Waals surface area contributed by atoms with Crippen LogP contribution in [-0.2, 0) is 0 Å². The molecule has 0 radical (unpaired) electrons. The van der Waals surface area contributed by atoms with Crippen LogP contribution in [0.5, 0.6) is 0 Å². The van der Waals surface area contributed by atoms with Crippen LogP contribution in [0.15, 0.2) is 48.5 Å². The summed E-state index contributed by atoms with van der Waals surface area (Å²) in [6, 6.07) is 14.8. The zero-order chi connectivity index (χ0) is 33.0. The average Bonchev–Trinajstić information content (AvgIpc) is 2.85. The van der Waals surface area contributed by atoms with Crippen molar-refractivity contribution in [1.82, 2.24) is 0 Å². The first-order valence-corrected chi connectivity index (χ1v) is 16.0. The number of nitrogens with two attached hydrogens (primary N) is 6. The lowest BCUT2D eigenvalue weighted by Crippen LogP contribution is -2.56. The molecule has 2 rings (SSSR count). The van der Waals surface area contributed by atoms with E-state index in [1.54, 1.807) is 0 Å². The van der Waals surface area contributed by atoms with Crippen molar-refractivity contribution in [3.8, 4) is 0 Å². The van der Waals surface area contributed by atoms with Crippen molar-refractivity contribution in [2.75, 3.05) is 22.1 Å². The Morgan fingerprint density at radius 3 is 1.07 bits per heavy atom. The van der Waals surface area contributed by atoms with Crippen LogP contribution in [-0.4, -0.2) is 35.2 Å². The molecular formula is C33H58Cl2N8. The Balaban J connectivity index is 2.14. The minimum absolute atomic E-state index is 0.191. The van der Waals surface area contributed by atoms with Crippen LogP contribution < -0.4 is 45.0 Å². The Morgan fingerprint density at radius 1 is 0.535 bits per heavy atom. The minimum atomic E-state index is -0.581. The van der Waals surface area contributed by atoms with Gasteiger partial charge in [-0.15, -0.1) is 23.2 Å². The summed E-state index contributed by atoms with van der Waals surface area (Å²) in [5.74, 6) is 0. The molecule has 4 unspecified atom stereocenters. The third kappa shape index (κ3) is 10.6. The molecule has 2 aromatic rings. The molecule has 0 amide bonds. The number of hydrogen-bond acceptors (Lipinski definition) is 8. The fourth-order valence-corrected chi connectivity index (χ4v) is 7.35. The first kappa shape index (κ1) is 37.2. The van der Waals surface area contributed by atoms with Gasteiger partial charge in [0.05, 0.1) is 24.4 Å². The molecule has 43 heavy (non-hydrogen) atoms. The monoisotopic (exact) mass is 636 g/mol. The topological polar surface area (TPSA) is 180 Å². The fraction of sp³-hybridized carbons (Fsp3) is 0.636. The Labute approximate surface area is 270 Å². The Kier molecular flexibility index (Phi) is 12.5. The van der Waals surface area contributed by atoms with Gasteiger partial charge in [0.15, 0.2) is 0 Å². The molecule has 2 aromatic carbocycles. The predicted octanol–water partition coefficient (Wildman–Crippen LogP) is 6.09. The fourth-order valence-electron chi connectivity index (χ4n) is 6.75. The molecule has 244 valence electrons. The molecular weight excluding hydrogens is 579 g/mol. The number of rotatable bonds is 16. The number of benzene rings is 2. The molecule has 10 heteroatoms. The summed E-state index contributed by atoms with van der Waals surface area (Å²) in [4.78, 5) is 0. The number of nitrogens with one attached hydrogen (secondary N) is 2. The second kappa shape index (κ2) is 14.4. The quantitative estimate of drug-likeness (QED) is 0.0619. The van der Waals surface area contributed by atoms with Gasteiger partial charge in [-0.2, -0.15) is 0 Å². The molecule has 0 aliphatic rings. The number of anilines is 4. The van der Waals surface area contributed by atoms with Crippen molar-refractivity contribution in [2.45, 2.75) is 110 Å². The molecule has 8 nitrogen and oxygen atoms in total. The second-order valence-electron chi connectivity index (χ2n) is 15.1. The van der Waals surface area contributed by atoms with E-state index in [0.717, 1.165) is 24.2 Å². The lowest BCUT2D eigenvalue weighted by molar-refractivity contribution is 0.128. The lowest BCUT2D eigenvalue weighted by atomic mass is 9.66. The SMILES string of the molecule is CC(C)(CC(C)(C)C(Nc1ccc(N)cc1)C(N)N)C(Cl)CC(Cl)C(C)(C)CC(C)(C)C(Nc1ccc(N)cc1)C(N)N. The van der Waals surface area contributed by atoms with E-state index >= 15 is 0 Å². The molecule has 0 fully saturated rings. The highest BCUT2D eigenvalue weighted by Gasteiger charge is 2.44. The molecule has 14 N–H and O–H groups in total. The summed E-state index contributed by atoms with van der Waals surface area (Å²) < 4.78 is 0. The first-order chi connectivity index (χ1) is 19.6. The summed E-state index contributed by atoms with van der Waals surface area (Å²) in [7, 11) is 0. The normalized spacial score (nSPS) is 16.2. The highest BCUT2D eigenvalue weighted by atomic mass is 35.5. The van der Waals surface area contributed by atoms with Crippen molar-refractivity contribution >= 4 is 46.0 Å². The summed E-state index contributed by atoms with van der Waals surface area (Å²) in [5.41, 5.74) is 39.1. The summed E-state index contributed by atoms with van der Waals surface area (Å²) in [6.45, 7) is 17.5. The average molecular weight is 638 g/mol. The predicted molar refractivity (Wildman–Crippen MR) is 189 cm³/mol. The standard InChI is InChI=1S/C33H58Cl2N8/c1-30(2,18-32(5,6)26(28(38)39)42-22-13-9-20(36)10-14-22)24(34)17-25(35)31(3,4)19-33(7,8)27(29(40)41)43-23-15-11-21(37)12-16-23/h9-16,24-29,42-43H,17-19,36-41H2,1-8H3. The Morgan fingerprint density at radius 2 is 0.814 bits per heavy atom. The Bertz CT molecular complexity index is 1040. The molecule has 4 atom stereocenters. The van der Waals surface area contributed by atoms with Gasteiger partial charge in [0.1, 0.15) is 0 Å². The molecule has 0 saturated heterocycles. The molecule has 0 saturated carbocycles. The molecule has 0 spiro atoms. The third-order valence-corrected chi connectivity index (χ3v) is 10.4. The van der Waals surface area contributed by atoms with Gasteiger partial charge < -0.3 is 45.0 Å². The van der Waals surface area contributed by atoms with Crippen molar-refractivity contribution in [3.05, 3.63) is 48.5 Å². The van der Waals surface area contributed by atoms with Crippen molar-refractivity contribution in [2.24, 2.45) is 44.6 Å². The number of hydrogen-bond donors (Lipinski definition) is 8. The van der Waals surface area contributed by atoms with Crippen LogP contribution in [0.25, 0.3) is 0 Å². The second-order valence-corrected chi connectivity index (χ2v) is 16.2. The van der Waals surface area contributed by atoms with Gasteiger partial charge in [0.2, 0.25) is 0 Å². The van der Waals surface area contributed by atoms with Gasteiger partial charge >= 0.3 is 0 Å². The van der Waals surface area contributed by atoms with Crippen molar-refractivity contribution in [1.29, 1.82) is 0 Å². The zero-order valence-corrected chi connectivity index (χ0v) is 28.9. The zero-order valence-electron chi connectivity index (χ0n) is 27.4. The van der Waals surface area contributed by atoms with E-state index in [-0.39, 0.29) is 44.5 Å². The van der Waals surface area contributed by atoms with Crippen LogP contribution in [0.1, 0.15) is 74.7 Å². The molecule has 0 heterocycles. The van der Waals surface area contributed by atoms with Gasteiger partial charge in [-0.3, -0.25) is 0 Å². The molecule has 0 bridgehead atoms. The van der Waals surface area contributed by atoms with Gasteiger partial charge in [-0.25, -0.2) is 0 Å². The van der Waals surface area contributed by atoms with E-state index in [1.165, 1.54) is 0 Å². The number of alkyl halides is 2.